The number of rotatable bonds is 5. The maximum atomic E-state index is 12.5. The highest BCUT2D eigenvalue weighted by Crippen LogP contribution is 2.20. The summed E-state index contributed by atoms with van der Waals surface area (Å²) in [7, 11) is 1.62. The SMILES string of the molecule is CCN1CCN(C(=O)c2ccc(Nc3cccc(OC)c3)nn2)CC1. The van der Waals surface area contributed by atoms with Crippen molar-refractivity contribution < 1.29 is 9.53 Å². The van der Waals surface area contributed by atoms with Gasteiger partial charge < -0.3 is 19.9 Å². The highest BCUT2D eigenvalue weighted by Gasteiger charge is 2.22. The van der Waals surface area contributed by atoms with Crippen molar-refractivity contribution in [1.82, 2.24) is 20.0 Å². The standard InChI is InChI=1S/C18H23N5O2/c1-3-22-9-11-23(12-10-22)18(24)16-7-8-17(21-20-16)19-14-5-4-6-15(13-14)25-2/h4-8,13H,3,9-12H2,1-2H3,(H,19,21). The predicted octanol–water partition coefficient (Wildman–Crippen LogP) is 2.01. The number of nitrogens with one attached hydrogen (secondary N) is 1. The summed E-state index contributed by atoms with van der Waals surface area (Å²) in [6, 6.07) is 11.0. The van der Waals surface area contributed by atoms with Gasteiger partial charge in [-0.05, 0) is 30.8 Å². The van der Waals surface area contributed by atoms with Crippen molar-refractivity contribution in [2.24, 2.45) is 0 Å². The summed E-state index contributed by atoms with van der Waals surface area (Å²) in [5.41, 5.74) is 1.23. The summed E-state index contributed by atoms with van der Waals surface area (Å²) in [6.07, 6.45) is 0. The van der Waals surface area contributed by atoms with Crippen molar-refractivity contribution >= 4 is 17.4 Å². The molecule has 0 radical (unpaired) electrons. The van der Waals surface area contributed by atoms with Crippen LogP contribution in [-0.4, -0.2) is 65.7 Å². The molecule has 1 amide bonds. The zero-order valence-electron chi connectivity index (χ0n) is 14.6. The molecule has 1 aromatic carbocycles. The van der Waals surface area contributed by atoms with E-state index in [0.29, 0.717) is 11.5 Å². The zero-order valence-corrected chi connectivity index (χ0v) is 14.6. The number of carbonyl (C=O) groups is 1. The van der Waals surface area contributed by atoms with Crippen LogP contribution >= 0.6 is 0 Å². The molecular weight excluding hydrogens is 318 g/mol. The molecule has 1 saturated heterocycles. The first-order valence-corrected chi connectivity index (χ1v) is 8.46. The van der Waals surface area contributed by atoms with Crippen LogP contribution in [0.25, 0.3) is 0 Å². The van der Waals surface area contributed by atoms with Crippen LogP contribution < -0.4 is 10.1 Å². The van der Waals surface area contributed by atoms with E-state index < -0.39 is 0 Å². The second kappa shape index (κ2) is 7.94. The number of benzene rings is 1. The molecule has 1 aliphatic rings. The molecule has 25 heavy (non-hydrogen) atoms. The minimum absolute atomic E-state index is 0.0591. The van der Waals surface area contributed by atoms with Gasteiger partial charge in [0.05, 0.1) is 7.11 Å². The Balaban J connectivity index is 1.62. The Labute approximate surface area is 147 Å². The lowest BCUT2D eigenvalue weighted by atomic mass is 10.2. The van der Waals surface area contributed by atoms with Crippen molar-refractivity contribution in [2.75, 3.05) is 45.2 Å². The summed E-state index contributed by atoms with van der Waals surface area (Å²) in [4.78, 5) is 16.7. The van der Waals surface area contributed by atoms with Crippen LogP contribution in [0.3, 0.4) is 0 Å². The number of carbonyl (C=O) groups excluding carboxylic acids is 1. The van der Waals surface area contributed by atoms with E-state index in [2.05, 4.69) is 27.3 Å². The van der Waals surface area contributed by atoms with Crippen LogP contribution in [0.15, 0.2) is 36.4 Å². The van der Waals surface area contributed by atoms with Gasteiger partial charge in [-0.3, -0.25) is 4.79 Å². The number of piperazine rings is 1. The van der Waals surface area contributed by atoms with E-state index in [9.17, 15) is 4.79 Å². The number of amides is 1. The van der Waals surface area contributed by atoms with Crippen LogP contribution in [0, 0.1) is 0 Å². The van der Waals surface area contributed by atoms with Crippen molar-refractivity contribution in [1.29, 1.82) is 0 Å². The number of aromatic nitrogens is 2. The fourth-order valence-electron chi connectivity index (χ4n) is 2.79. The number of methoxy groups -OCH3 is 1. The average molecular weight is 341 g/mol. The quantitative estimate of drug-likeness (QED) is 0.897. The fourth-order valence-corrected chi connectivity index (χ4v) is 2.79. The average Bonchev–Trinajstić information content (AvgIpc) is 2.68. The first-order chi connectivity index (χ1) is 12.2. The molecule has 3 rings (SSSR count). The highest BCUT2D eigenvalue weighted by atomic mass is 16.5. The Morgan fingerprint density at radius 2 is 1.96 bits per heavy atom. The predicted molar refractivity (Wildman–Crippen MR) is 96.3 cm³/mol. The van der Waals surface area contributed by atoms with Gasteiger partial charge in [-0.15, -0.1) is 10.2 Å². The summed E-state index contributed by atoms with van der Waals surface area (Å²) >= 11 is 0. The van der Waals surface area contributed by atoms with Gasteiger partial charge in [0.15, 0.2) is 11.5 Å². The molecule has 0 bridgehead atoms. The van der Waals surface area contributed by atoms with Gasteiger partial charge in [0.1, 0.15) is 5.75 Å². The summed E-state index contributed by atoms with van der Waals surface area (Å²) in [5, 5.41) is 11.4. The Hall–Kier alpha value is -2.67. The summed E-state index contributed by atoms with van der Waals surface area (Å²) in [6.45, 7) is 6.44. The summed E-state index contributed by atoms with van der Waals surface area (Å²) < 4.78 is 5.20. The van der Waals surface area contributed by atoms with E-state index in [0.717, 1.165) is 44.2 Å². The van der Waals surface area contributed by atoms with Crippen LogP contribution in [0.1, 0.15) is 17.4 Å². The van der Waals surface area contributed by atoms with Gasteiger partial charge in [0.2, 0.25) is 0 Å². The lowest BCUT2D eigenvalue weighted by molar-refractivity contribution is 0.0636. The third-order valence-electron chi connectivity index (χ3n) is 4.33. The zero-order chi connectivity index (χ0) is 17.6. The van der Waals surface area contributed by atoms with Crippen LogP contribution in [0.4, 0.5) is 11.5 Å². The van der Waals surface area contributed by atoms with Crippen LogP contribution in [-0.2, 0) is 0 Å². The second-order valence-corrected chi connectivity index (χ2v) is 5.89. The third kappa shape index (κ3) is 4.24. The normalized spacial score (nSPS) is 15.0. The Morgan fingerprint density at radius 1 is 1.16 bits per heavy atom. The molecule has 0 spiro atoms. The molecule has 0 atom stereocenters. The third-order valence-corrected chi connectivity index (χ3v) is 4.33. The maximum Gasteiger partial charge on any atom is 0.274 e. The molecule has 7 nitrogen and oxygen atoms in total. The largest absolute Gasteiger partial charge is 0.497 e. The van der Waals surface area contributed by atoms with E-state index in [1.807, 2.05) is 29.2 Å². The van der Waals surface area contributed by atoms with E-state index in [4.69, 9.17) is 4.74 Å². The first-order valence-electron chi connectivity index (χ1n) is 8.46. The molecule has 0 saturated carbocycles. The van der Waals surface area contributed by atoms with Gasteiger partial charge in [0.25, 0.3) is 5.91 Å². The van der Waals surface area contributed by atoms with E-state index in [-0.39, 0.29) is 5.91 Å². The van der Waals surface area contributed by atoms with Gasteiger partial charge in [-0.2, -0.15) is 0 Å². The number of hydrogen-bond donors (Lipinski definition) is 1. The van der Waals surface area contributed by atoms with E-state index in [1.54, 1.807) is 19.2 Å². The van der Waals surface area contributed by atoms with Crippen molar-refractivity contribution in [2.45, 2.75) is 6.92 Å². The molecule has 0 aliphatic carbocycles. The topological polar surface area (TPSA) is 70.6 Å². The molecule has 2 heterocycles. The van der Waals surface area contributed by atoms with Crippen molar-refractivity contribution in [3.05, 3.63) is 42.1 Å². The van der Waals surface area contributed by atoms with E-state index >= 15 is 0 Å². The molecule has 0 unspecified atom stereocenters. The van der Waals surface area contributed by atoms with Gasteiger partial charge in [-0.25, -0.2) is 0 Å². The minimum Gasteiger partial charge on any atom is -0.497 e. The van der Waals surface area contributed by atoms with E-state index in [1.165, 1.54) is 0 Å². The van der Waals surface area contributed by atoms with Gasteiger partial charge >= 0.3 is 0 Å². The van der Waals surface area contributed by atoms with Gasteiger partial charge in [-0.1, -0.05) is 13.0 Å². The molecule has 1 aliphatic heterocycles. The number of hydrogen-bond acceptors (Lipinski definition) is 6. The number of nitrogens with zero attached hydrogens (tertiary/aromatic N) is 4. The fraction of sp³-hybridized carbons (Fsp3) is 0.389. The first kappa shape index (κ1) is 17.2. The molecule has 1 aromatic heterocycles. The van der Waals surface area contributed by atoms with Crippen molar-refractivity contribution in [3.8, 4) is 5.75 Å². The van der Waals surface area contributed by atoms with Crippen molar-refractivity contribution in [3.63, 3.8) is 0 Å². The molecule has 7 heteroatoms. The number of ether oxygens (including phenoxy) is 1. The smallest absolute Gasteiger partial charge is 0.274 e. The Morgan fingerprint density at radius 3 is 2.60 bits per heavy atom. The number of likely N-dealkylation sites (N-methyl/N-ethyl adjacent to an activating group) is 1. The molecule has 2 aromatic rings. The van der Waals surface area contributed by atoms with Gasteiger partial charge in [0, 0.05) is 37.9 Å². The monoisotopic (exact) mass is 341 g/mol. The Kier molecular flexibility index (Phi) is 5.45. The molecule has 1 N–H and O–H groups in total. The minimum atomic E-state index is -0.0591. The second-order valence-electron chi connectivity index (χ2n) is 5.89. The lowest BCUT2D eigenvalue weighted by Crippen LogP contribution is -2.48. The highest BCUT2D eigenvalue weighted by molar-refractivity contribution is 5.92. The molecule has 132 valence electrons. The number of anilines is 2. The maximum absolute atomic E-state index is 12.5. The van der Waals surface area contributed by atoms with Crippen LogP contribution in [0.5, 0.6) is 5.75 Å². The Bertz CT molecular complexity index is 712. The van der Waals surface area contributed by atoms with Crippen LogP contribution in [0.2, 0.25) is 0 Å². The molecule has 1 fully saturated rings. The lowest BCUT2D eigenvalue weighted by Gasteiger charge is -2.33. The summed E-state index contributed by atoms with van der Waals surface area (Å²) in [5.74, 6) is 1.28. The molecular formula is C18H23N5O2.